The molecular weight excluding hydrogens is 408 g/mol. The number of halogens is 1. The second-order valence-corrected chi connectivity index (χ2v) is 8.38. The molecule has 0 aliphatic rings. The van der Waals surface area contributed by atoms with Crippen LogP contribution >= 0.6 is 23.4 Å². The summed E-state index contributed by atoms with van der Waals surface area (Å²) >= 11 is 7.59. The number of nitrogens with one attached hydrogen (secondary N) is 1. The normalized spacial score (nSPS) is 12.6. The van der Waals surface area contributed by atoms with Gasteiger partial charge in [-0.2, -0.15) is 0 Å². The van der Waals surface area contributed by atoms with Crippen molar-refractivity contribution in [1.29, 1.82) is 0 Å². The van der Waals surface area contributed by atoms with Gasteiger partial charge in [0.25, 0.3) is 0 Å². The first-order valence-corrected chi connectivity index (χ1v) is 10.8. The van der Waals surface area contributed by atoms with Crippen molar-refractivity contribution in [2.75, 3.05) is 5.32 Å². The van der Waals surface area contributed by atoms with Crippen LogP contribution in [0.3, 0.4) is 0 Å². The number of carbonyl (C=O) groups excluding carboxylic acids is 1. The maximum absolute atomic E-state index is 12.9. The lowest BCUT2D eigenvalue weighted by Gasteiger charge is -2.15. The van der Waals surface area contributed by atoms with E-state index >= 15 is 0 Å². The number of fused-ring (bicyclic) bond motifs is 3. The van der Waals surface area contributed by atoms with E-state index in [4.69, 9.17) is 16.0 Å². The highest BCUT2D eigenvalue weighted by molar-refractivity contribution is 8.00. The summed E-state index contributed by atoms with van der Waals surface area (Å²) in [5, 5.41) is 12.8. The third-order valence-electron chi connectivity index (χ3n) is 4.83. The number of aryl methyl sites for hydroxylation is 2. The van der Waals surface area contributed by atoms with Crippen molar-refractivity contribution in [3.63, 3.8) is 0 Å². The fraction of sp³-hybridized carbons (Fsp3) is 0.286. The zero-order chi connectivity index (χ0) is 20.5. The van der Waals surface area contributed by atoms with Gasteiger partial charge in [-0.3, -0.25) is 9.20 Å². The van der Waals surface area contributed by atoms with Gasteiger partial charge < -0.3 is 9.73 Å². The minimum atomic E-state index is -0.318. The summed E-state index contributed by atoms with van der Waals surface area (Å²) in [6.45, 7) is 5.95. The zero-order valence-electron chi connectivity index (χ0n) is 16.4. The summed E-state index contributed by atoms with van der Waals surface area (Å²) in [5.41, 5.74) is 4.30. The van der Waals surface area contributed by atoms with Crippen molar-refractivity contribution in [2.24, 2.45) is 0 Å². The topological polar surface area (TPSA) is 72.4 Å². The van der Waals surface area contributed by atoms with E-state index in [1.54, 1.807) is 12.3 Å². The highest BCUT2D eigenvalue weighted by Crippen LogP contribution is 2.32. The number of amides is 1. The van der Waals surface area contributed by atoms with Crippen molar-refractivity contribution < 1.29 is 9.21 Å². The molecule has 1 aromatic carbocycles. The van der Waals surface area contributed by atoms with E-state index in [1.807, 2.05) is 45.0 Å². The summed E-state index contributed by atoms with van der Waals surface area (Å²) in [5.74, 6) is 0.764. The highest BCUT2D eigenvalue weighted by atomic mass is 35.5. The Hall–Kier alpha value is -2.51. The third kappa shape index (κ3) is 3.72. The SMILES string of the molecule is CCc1nnc(SC(CC)C(=O)Nc2ccc(C)c(Cl)c2)c2cc3occc3n12. The third-order valence-corrected chi connectivity index (χ3v) is 6.58. The van der Waals surface area contributed by atoms with Crippen molar-refractivity contribution in [2.45, 2.75) is 43.9 Å². The molecule has 6 nitrogen and oxygen atoms in total. The van der Waals surface area contributed by atoms with E-state index < -0.39 is 0 Å². The smallest absolute Gasteiger partial charge is 0.237 e. The Morgan fingerprint density at radius 3 is 2.79 bits per heavy atom. The Morgan fingerprint density at radius 2 is 2.07 bits per heavy atom. The fourth-order valence-electron chi connectivity index (χ4n) is 3.22. The summed E-state index contributed by atoms with van der Waals surface area (Å²) in [6, 6.07) is 9.38. The molecule has 0 radical (unpaired) electrons. The molecular formula is C21H21ClN4O2S. The summed E-state index contributed by atoms with van der Waals surface area (Å²) in [4.78, 5) is 12.9. The van der Waals surface area contributed by atoms with Crippen LogP contribution in [0.1, 0.15) is 31.7 Å². The Balaban J connectivity index is 1.63. The molecule has 8 heteroatoms. The lowest BCUT2D eigenvalue weighted by Crippen LogP contribution is -2.25. The number of carbonyl (C=O) groups is 1. The van der Waals surface area contributed by atoms with Gasteiger partial charge in [-0.25, -0.2) is 0 Å². The minimum Gasteiger partial charge on any atom is -0.463 e. The van der Waals surface area contributed by atoms with Crippen LogP contribution in [-0.2, 0) is 11.2 Å². The Bertz CT molecular complexity index is 1200. The van der Waals surface area contributed by atoms with Crippen LogP contribution < -0.4 is 5.32 Å². The van der Waals surface area contributed by atoms with Gasteiger partial charge in [-0.05, 0) is 31.0 Å². The molecule has 0 saturated heterocycles. The van der Waals surface area contributed by atoms with Crippen molar-refractivity contribution in [3.05, 3.63) is 53.0 Å². The number of furan rings is 1. The molecule has 0 spiro atoms. The van der Waals surface area contributed by atoms with Crippen LogP contribution in [0.4, 0.5) is 5.69 Å². The molecule has 0 aliphatic carbocycles. The molecule has 1 atom stereocenters. The van der Waals surface area contributed by atoms with E-state index in [0.717, 1.165) is 34.4 Å². The summed E-state index contributed by atoms with van der Waals surface area (Å²) < 4.78 is 7.61. The molecule has 1 N–H and O–H groups in total. The average Bonchev–Trinajstić information content (AvgIpc) is 3.30. The summed E-state index contributed by atoms with van der Waals surface area (Å²) in [7, 11) is 0. The van der Waals surface area contributed by atoms with Crippen LogP contribution in [0.5, 0.6) is 0 Å². The molecule has 150 valence electrons. The molecule has 0 saturated carbocycles. The highest BCUT2D eigenvalue weighted by Gasteiger charge is 2.23. The molecule has 1 unspecified atom stereocenters. The summed E-state index contributed by atoms with van der Waals surface area (Å²) in [6.07, 6.45) is 3.06. The second-order valence-electron chi connectivity index (χ2n) is 6.78. The van der Waals surface area contributed by atoms with E-state index in [1.165, 1.54) is 11.8 Å². The van der Waals surface area contributed by atoms with E-state index in [2.05, 4.69) is 19.9 Å². The standard InChI is InChI=1S/C21H21ClN4O2S/c1-4-18(20(27)23-13-7-6-12(3)14(22)10-13)29-21-16-11-17-15(8-9-28-17)26(16)19(5-2)24-25-21/h6-11,18H,4-5H2,1-3H3,(H,23,27). The number of anilines is 1. The van der Waals surface area contributed by atoms with Gasteiger partial charge in [0.05, 0.1) is 22.5 Å². The Morgan fingerprint density at radius 1 is 1.24 bits per heavy atom. The maximum atomic E-state index is 12.9. The average molecular weight is 429 g/mol. The number of benzene rings is 1. The van der Waals surface area contributed by atoms with Gasteiger partial charge in [-0.15, -0.1) is 10.2 Å². The molecule has 3 aromatic heterocycles. The molecule has 4 rings (SSSR count). The maximum Gasteiger partial charge on any atom is 0.237 e. The predicted molar refractivity (Wildman–Crippen MR) is 117 cm³/mol. The number of hydrogen-bond donors (Lipinski definition) is 1. The minimum absolute atomic E-state index is 0.0906. The van der Waals surface area contributed by atoms with Gasteiger partial charge in [-0.1, -0.05) is 43.3 Å². The van der Waals surface area contributed by atoms with Crippen LogP contribution in [0.2, 0.25) is 5.02 Å². The van der Waals surface area contributed by atoms with Crippen molar-refractivity contribution >= 4 is 51.6 Å². The number of thioether (sulfide) groups is 1. The Kier molecular flexibility index (Phi) is 5.52. The van der Waals surface area contributed by atoms with Gasteiger partial charge in [0, 0.05) is 29.3 Å². The number of nitrogens with zero attached hydrogens (tertiary/aromatic N) is 3. The molecule has 0 aliphatic heterocycles. The van der Waals surface area contributed by atoms with E-state index in [0.29, 0.717) is 22.2 Å². The Labute approximate surface area is 177 Å². The van der Waals surface area contributed by atoms with Crippen molar-refractivity contribution in [3.8, 4) is 0 Å². The monoisotopic (exact) mass is 428 g/mol. The molecule has 0 bridgehead atoms. The van der Waals surface area contributed by atoms with Gasteiger partial charge in [0.1, 0.15) is 10.9 Å². The first-order chi connectivity index (χ1) is 14.0. The largest absolute Gasteiger partial charge is 0.463 e. The van der Waals surface area contributed by atoms with E-state index in [9.17, 15) is 4.79 Å². The van der Waals surface area contributed by atoms with Gasteiger partial charge in [0.2, 0.25) is 5.91 Å². The fourth-order valence-corrected chi connectivity index (χ4v) is 4.36. The van der Waals surface area contributed by atoms with Crippen LogP contribution in [0, 0.1) is 6.92 Å². The van der Waals surface area contributed by atoms with Crippen LogP contribution in [-0.4, -0.2) is 25.8 Å². The van der Waals surface area contributed by atoms with Gasteiger partial charge >= 0.3 is 0 Å². The van der Waals surface area contributed by atoms with Gasteiger partial charge in [0.15, 0.2) is 5.58 Å². The molecule has 1 amide bonds. The first-order valence-electron chi connectivity index (χ1n) is 9.49. The molecule has 4 aromatic rings. The number of aromatic nitrogens is 3. The lowest BCUT2D eigenvalue weighted by molar-refractivity contribution is -0.115. The number of rotatable bonds is 6. The van der Waals surface area contributed by atoms with Crippen LogP contribution in [0.15, 0.2) is 46.0 Å². The second kappa shape index (κ2) is 8.08. The lowest BCUT2D eigenvalue weighted by atomic mass is 10.2. The van der Waals surface area contributed by atoms with E-state index in [-0.39, 0.29) is 11.2 Å². The molecule has 0 fully saturated rings. The van der Waals surface area contributed by atoms with Crippen LogP contribution in [0.25, 0.3) is 16.6 Å². The number of hydrogen-bond acceptors (Lipinski definition) is 5. The zero-order valence-corrected chi connectivity index (χ0v) is 18.0. The molecule has 29 heavy (non-hydrogen) atoms. The quantitative estimate of drug-likeness (QED) is 0.410. The predicted octanol–water partition coefficient (Wildman–Crippen LogP) is 5.51. The first kappa shape index (κ1) is 19.8. The van der Waals surface area contributed by atoms with Crippen molar-refractivity contribution in [1.82, 2.24) is 14.6 Å². The molecule has 3 heterocycles.